The van der Waals surface area contributed by atoms with E-state index in [4.69, 9.17) is 0 Å². The van der Waals surface area contributed by atoms with Gasteiger partial charge in [0.05, 0.1) is 11.8 Å². The molecule has 37 heavy (non-hydrogen) atoms. The predicted molar refractivity (Wildman–Crippen MR) is 136 cm³/mol. The summed E-state index contributed by atoms with van der Waals surface area (Å²) in [6.07, 6.45) is 8.60. The molecular weight excluding hydrogens is 472 g/mol. The lowest BCUT2D eigenvalue weighted by atomic mass is 9.85. The van der Waals surface area contributed by atoms with Crippen LogP contribution in [0.4, 0.5) is 0 Å². The first-order valence-corrected chi connectivity index (χ1v) is 13.3. The number of allylic oxidation sites excluding steroid dienone is 3. The fourth-order valence-electron chi connectivity index (χ4n) is 5.89. The highest BCUT2D eigenvalue weighted by molar-refractivity contribution is 5.90. The standard InChI is InChI=1S/C27H38N6O4/c1-15(17-8-9-21-18(10-17)11-23(35)31(21)5)28-25(36)22-12-19(34)13-32(22)26(37)24(27(2,3)4)33-14-20(29-30-33)16-6-7-16/h8-9,14-16,18-19,22,24,34H,6-7,10-13H2,1-5H3,(H,28,36)/t15?,18?,19-,22+,24-/m0/s1. The van der Waals surface area contributed by atoms with Crippen LogP contribution in [-0.4, -0.2) is 79.4 Å². The number of likely N-dealkylation sites (tertiary alicyclic amines) is 2. The maximum atomic E-state index is 13.9. The van der Waals surface area contributed by atoms with Crippen LogP contribution in [0.5, 0.6) is 0 Å². The van der Waals surface area contributed by atoms with Crippen molar-refractivity contribution >= 4 is 17.7 Å². The van der Waals surface area contributed by atoms with Crippen LogP contribution in [0.1, 0.15) is 77.5 Å². The highest BCUT2D eigenvalue weighted by atomic mass is 16.3. The maximum Gasteiger partial charge on any atom is 0.248 e. The van der Waals surface area contributed by atoms with Crippen molar-refractivity contribution in [2.45, 2.75) is 89.9 Å². The van der Waals surface area contributed by atoms with E-state index in [1.54, 1.807) is 16.6 Å². The second-order valence-corrected chi connectivity index (χ2v) is 12.2. The van der Waals surface area contributed by atoms with Crippen molar-refractivity contribution in [2.24, 2.45) is 11.3 Å². The minimum absolute atomic E-state index is 0.105. The van der Waals surface area contributed by atoms with Crippen LogP contribution in [0.25, 0.3) is 0 Å². The van der Waals surface area contributed by atoms with E-state index in [0.29, 0.717) is 18.8 Å². The number of aliphatic hydroxyl groups excluding tert-OH is 1. The highest BCUT2D eigenvalue weighted by Gasteiger charge is 2.46. The van der Waals surface area contributed by atoms with Crippen LogP contribution >= 0.6 is 0 Å². The number of nitrogens with one attached hydrogen (secondary N) is 1. The van der Waals surface area contributed by atoms with Gasteiger partial charge in [0.15, 0.2) is 0 Å². The summed E-state index contributed by atoms with van der Waals surface area (Å²) in [6, 6.07) is -1.67. The van der Waals surface area contributed by atoms with Gasteiger partial charge in [-0.25, -0.2) is 4.68 Å². The summed E-state index contributed by atoms with van der Waals surface area (Å²) in [7, 11) is 1.80. The van der Waals surface area contributed by atoms with E-state index in [1.807, 2.05) is 46.0 Å². The molecule has 0 spiro atoms. The Morgan fingerprint density at radius 3 is 2.57 bits per heavy atom. The molecule has 5 atom stereocenters. The van der Waals surface area contributed by atoms with E-state index in [2.05, 4.69) is 15.6 Å². The number of β-amino-alcohol motifs (C(OH)–C–C–N with tert-alkyl or cyclic N) is 1. The molecule has 200 valence electrons. The molecule has 1 aromatic rings. The summed E-state index contributed by atoms with van der Waals surface area (Å²) in [5, 5.41) is 22.1. The van der Waals surface area contributed by atoms with Crippen LogP contribution < -0.4 is 5.32 Å². The molecular formula is C27H38N6O4. The second-order valence-electron chi connectivity index (χ2n) is 12.2. The van der Waals surface area contributed by atoms with Gasteiger partial charge in [0.1, 0.15) is 12.1 Å². The number of aromatic nitrogens is 3. The number of fused-ring (bicyclic) bond motifs is 1. The van der Waals surface area contributed by atoms with Crippen molar-refractivity contribution in [3.05, 3.63) is 35.3 Å². The first kappa shape index (κ1) is 25.6. The molecule has 1 aromatic heterocycles. The molecule has 10 nitrogen and oxygen atoms in total. The molecule has 2 aliphatic heterocycles. The monoisotopic (exact) mass is 510 g/mol. The summed E-state index contributed by atoms with van der Waals surface area (Å²) in [5.41, 5.74) is 2.49. The molecule has 0 aromatic carbocycles. The Kier molecular flexibility index (Phi) is 6.50. The number of amides is 3. The van der Waals surface area contributed by atoms with Gasteiger partial charge in [-0.05, 0) is 43.3 Å². The van der Waals surface area contributed by atoms with Crippen LogP contribution in [-0.2, 0) is 14.4 Å². The Labute approximate surface area is 217 Å². The first-order chi connectivity index (χ1) is 17.4. The Balaban J connectivity index is 1.31. The van der Waals surface area contributed by atoms with Crippen LogP contribution in [0, 0.1) is 11.3 Å². The lowest BCUT2D eigenvalue weighted by Crippen LogP contribution is -2.52. The molecule has 2 aliphatic carbocycles. The van der Waals surface area contributed by atoms with Gasteiger partial charge in [-0.3, -0.25) is 14.4 Å². The molecule has 2 N–H and O–H groups in total. The Morgan fingerprint density at radius 2 is 1.89 bits per heavy atom. The summed E-state index contributed by atoms with van der Waals surface area (Å²) in [4.78, 5) is 42.7. The van der Waals surface area contributed by atoms with Crippen molar-refractivity contribution in [3.8, 4) is 0 Å². The van der Waals surface area contributed by atoms with Gasteiger partial charge >= 0.3 is 0 Å². The van der Waals surface area contributed by atoms with Crippen molar-refractivity contribution in [1.29, 1.82) is 0 Å². The third-order valence-electron chi connectivity index (χ3n) is 8.17. The third kappa shape index (κ3) is 4.95. The quantitative estimate of drug-likeness (QED) is 0.603. The normalized spacial score (nSPS) is 27.5. The fourth-order valence-corrected chi connectivity index (χ4v) is 5.89. The maximum absolute atomic E-state index is 13.9. The number of aliphatic hydroxyl groups is 1. The van der Waals surface area contributed by atoms with Gasteiger partial charge in [-0.15, -0.1) is 5.10 Å². The average Bonchev–Trinajstić information content (AvgIpc) is 3.32. The summed E-state index contributed by atoms with van der Waals surface area (Å²) >= 11 is 0. The molecule has 10 heteroatoms. The fraction of sp³-hybridized carbons (Fsp3) is 0.667. The molecule has 4 aliphatic rings. The van der Waals surface area contributed by atoms with Crippen molar-refractivity contribution < 1.29 is 19.5 Å². The number of hydrogen-bond acceptors (Lipinski definition) is 6. The molecule has 5 rings (SSSR count). The van der Waals surface area contributed by atoms with Gasteiger partial charge in [0.25, 0.3) is 0 Å². The van der Waals surface area contributed by atoms with E-state index in [0.717, 1.165) is 29.8 Å². The molecule has 3 fully saturated rings. The topological polar surface area (TPSA) is 121 Å². The zero-order chi connectivity index (χ0) is 26.6. The zero-order valence-corrected chi connectivity index (χ0v) is 22.3. The molecule has 2 unspecified atom stereocenters. The summed E-state index contributed by atoms with van der Waals surface area (Å²) in [6.45, 7) is 7.95. The van der Waals surface area contributed by atoms with Gasteiger partial charge in [-0.1, -0.05) is 32.1 Å². The van der Waals surface area contributed by atoms with Crippen molar-refractivity contribution in [3.63, 3.8) is 0 Å². The summed E-state index contributed by atoms with van der Waals surface area (Å²) in [5.74, 6) is 0.153. The smallest absolute Gasteiger partial charge is 0.248 e. The van der Waals surface area contributed by atoms with E-state index in [1.165, 1.54) is 4.90 Å². The SMILES string of the molecule is CC(NC(=O)[C@H]1C[C@H](O)CN1C(=O)[C@H](n1cc(C2CC2)nn1)C(C)(C)C)C1=CC=C2C(CC(=O)N2C)C1. The molecule has 1 saturated carbocycles. The third-order valence-corrected chi connectivity index (χ3v) is 8.17. The second kappa shape index (κ2) is 9.38. The Bertz CT molecular complexity index is 1160. The Hall–Kier alpha value is -3.01. The number of rotatable bonds is 6. The van der Waals surface area contributed by atoms with Gasteiger partial charge in [-0.2, -0.15) is 0 Å². The molecule has 0 bridgehead atoms. The van der Waals surface area contributed by atoms with Crippen LogP contribution in [0.3, 0.4) is 0 Å². The average molecular weight is 511 g/mol. The predicted octanol–water partition coefficient (Wildman–Crippen LogP) is 1.90. The minimum atomic E-state index is -0.771. The molecule has 3 amide bonds. The van der Waals surface area contributed by atoms with E-state index in [9.17, 15) is 19.5 Å². The van der Waals surface area contributed by atoms with E-state index < -0.39 is 23.6 Å². The minimum Gasteiger partial charge on any atom is -0.391 e. The number of nitrogens with zero attached hydrogens (tertiary/aromatic N) is 5. The molecule has 0 radical (unpaired) electrons. The lowest BCUT2D eigenvalue weighted by Gasteiger charge is -2.35. The lowest BCUT2D eigenvalue weighted by molar-refractivity contribution is -0.144. The van der Waals surface area contributed by atoms with Gasteiger partial charge < -0.3 is 20.2 Å². The van der Waals surface area contributed by atoms with E-state index in [-0.39, 0.29) is 42.6 Å². The zero-order valence-electron chi connectivity index (χ0n) is 22.3. The largest absolute Gasteiger partial charge is 0.391 e. The van der Waals surface area contributed by atoms with Crippen LogP contribution in [0.2, 0.25) is 0 Å². The first-order valence-electron chi connectivity index (χ1n) is 13.3. The van der Waals surface area contributed by atoms with Gasteiger partial charge in [0, 0.05) is 56.2 Å². The van der Waals surface area contributed by atoms with E-state index >= 15 is 0 Å². The number of carbonyl (C=O) groups excluding carboxylic acids is 3. The molecule has 3 heterocycles. The Morgan fingerprint density at radius 1 is 1.16 bits per heavy atom. The van der Waals surface area contributed by atoms with Crippen molar-refractivity contribution in [2.75, 3.05) is 13.6 Å². The molecule has 2 saturated heterocycles. The summed E-state index contributed by atoms with van der Waals surface area (Å²) < 4.78 is 1.63. The number of carbonyl (C=O) groups is 3. The highest BCUT2D eigenvalue weighted by Crippen LogP contribution is 2.40. The number of hydrogen-bond donors (Lipinski definition) is 2. The van der Waals surface area contributed by atoms with Crippen LogP contribution in [0.15, 0.2) is 29.6 Å². The van der Waals surface area contributed by atoms with Gasteiger partial charge in [0.2, 0.25) is 17.7 Å². The van der Waals surface area contributed by atoms with Crippen molar-refractivity contribution in [1.82, 2.24) is 30.1 Å².